The Labute approximate surface area is 143 Å². The number of amides is 3. The second-order valence-electron chi connectivity index (χ2n) is 7.04. The SMILES string of the molecule is Cn1cccc1[C@H]1CCCCCN1C(=O)C1CCN(C(N)=O)CC1. The van der Waals surface area contributed by atoms with Crippen molar-refractivity contribution in [1.82, 2.24) is 14.4 Å². The maximum Gasteiger partial charge on any atom is 0.314 e. The van der Waals surface area contributed by atoms with Crippen LogP contribution in [-0.2, 0) is 11.8 Å². The number of nitrogens with zero attached hydrogens (tertiary/aromatic N) is 3. The van der Waals surface area contributed by atoms with Crippen LogP contribution >= 0.6 is 0 Å². The summed E-state index contributed by atoms with van der Waals surface area (Å²) in [7, 11) is 2.05. The normalized spacial score (nSPS) is 23.1. The molecule has 132 valence electrons. The van der Waals surface area contributed by atoms with E-state index in [4.69, 9.17) is 5.73 Å². The third kappa shape index (κ3) is 3.42. The molecule has 0 aromatic carbocycles. The first-order valence-electron chi connectivity index (χ1n) is 9.04. The zero-order valence-corrected chi connectivity index (χ0v) is 14.5. The third-order valence-electron chi connectivity index (χ3n) is 5.52. The van der Waals surface area contributed by atoms with E-state index in [2.05, 4.69) is 15.5 Å². The molecule has 2 fully saturated rings. The van der Waals surface area contributed by atoms with Crippen molar-refractivity contribution < 1.29 is 9.59 Å². The Kier molecular flexibility index (Phi) is 5.11. The number of aryl methyl sites for hydroxylation is 1. The fraction of sp³-hybridized carbons (Fsp3) is 0.667. The summed E-state index contributed by atoms with van der Waals surface area (Å²) in [5.74, 6) is 0.272. The maximum absolute atomic E-state index is 13.2. The van der Waals surface area contributed by atoms with Crippen LogP contribution in [0.2, 0.25) is 0 Å². The summed E-state index contributed by atoms with van der Waals surface area (Å²) in [6.07, 6.45) is 7.95. The van der Waals surface area contributed by atoms with Crippen LogP contribution in [0.5, 0.6) is 0 Å². The number of carbonyl (C=O) groups excluding carboxylic acids is 2. The van der Waals surface area contributed by atoms with Crippen molar-refractivity contribution in [2.75, 3.05) is 19.6 Å². The van der Waals surface area contributed by atoms with Gasteiger partial charge in [-0.25, -0.2) is 4.79 Å². The number of primary amides is 1. The molecule has 0 unspecified atom stereocenters. The predicted molar refractivity (Wildman–Crippen MR) is 92.2 cm³/mol. The van der Waals surface area contributed by atoms with Gasteiger partial charge >= 0.3 is 6.03 Å². The molecule has 2 saturated heterocycles. The molecule has 0 bridgehead atoms. The highest BCUT2D eigenvalue weighted by Crippen LogP contribution is 2.33. The molecule has 2 aliphatic rings. The lowest BCUT2D eigenvalue weighted by Crippen LogP contribution is -2.47. The first kappa shape index (κ1) is 16.9. The number of rotatable bonds is 2. The number of hydrogen-bond donors (Lipinski definition) is 1. The first-order chi connectivity index (χ1) is 11.6. The van der Waals surface area contributed by atoms with Gasteiger partial charge in [-0.3, -0.25) is 4.79 Å². The summed E-state index contributed by atoms with van der Waals surface area (Å²) in [6.45, 7) is 2.02. The zero-order valence-electron chi connectivity index (χ0n) is 14.5. The van der Waals surface area contributed by atoms with Crippen LogP contribution in [0.25, 0.3) is 0 Å². The molecular weight excluding hydrogens is 304 g/mol. The van der Waals surface area contributed by atoms with Crippen molar-refractivity contribution in [3.63, 3.8) is 0 Å². The summed E-state index contributed by atoms with van der Waals surface area (Å²) in [4.78, 5) is 28.2. The van der Waals surface area contributed by atoms with Gasteiger partial charge in [0.1, 0.15) is 0 Å². The van der Waals surface area contributed by atoms with Crippen molar-refractivity contribution in [3.8, 4) is 0 Å². The minimum atomic E-state index is -0.377. The Bertz CT molecular complexity index is 590. The van der Waals surface area contributed by atoms with Crippen molar-refractivity contribution in [2.45, 2.75) is 44.6 Å². The molecule has 3 amide bonds. The van der Waals surface area contributed by atoms with Gasteiger partial charge in [-0.05, 0) is 37.8 Å². The number of likely N-dealkylation sites (tertiary alicyclic amines) is 2. The van der Waals surface area contributed by atoms with Gasteiger partial charge in [0, 0.05) is 44.5 Å². The molecule has 0 saturated carbocycles. The first-order valence-corrected chi connectivity index (χ1v) is 9.04. The summed E-state index contributed by atoms with van der Waals surface area (Å²) in [5, 5.41) is 0. The molecule has 3 heterocycles. The summed E-state index contributed by atoms with van der Waals surface area (Å²) in [6, 6.07) is 3.98. The van der Waals surface area contributed by atoms with E-state index in [9.17, 15) is 9.59 Å². The summed E-state index contributed by atoms with van der Waals surface area (Å²) < 4.78 is 2.13. The zero-order chi connectivity index (χ0) is 17.1. The van der Waals surface area contributed by atoms with Gasteiger partial charge in [0.15, 0.2) is 0 Å². The number of aromatic nitrogens is 1. The van der Waals surface area contributed by atoms with Gasteiger partial charge in [0.25, 0.3) is 0 Å². The minimum absolute atomic E-state index is 0.0152. The van der Waals surface area contributed by atoms with Crippen molar-refractivity contribution >= 4 is 11.9 Å². The van der Waals surface area contributed by atoms with E-state index >= 15 is 0 Å². The maximum atomic E-state index is 13.2. The molecule has 6 heteroatoms. The number of carbonyl (C=O) groups is 2. The summed E-state index contributed by atoms with van der Waals surface area (Å²) >= 11 is 0. The van der Waals surface area contributed by atoms with Crippen LogP contribution in [0.1, 0.15) is 50.3 Å². The lowest BCUT2D eigenvalue weighted by molar-refractivity contribution is -0.139. The fourth-order valence-corrected chi connectivity index (χ4v) is 4.08. The Morgan fingerprint density at radius 2 is 1.83 bits per heavy atom. The Balaban J connectivity index is 1.73. The van der Waals surface area contributed by atoms with Gasteiger partial charge < -0.3 is 20.1 Å². The van der Waals surface area contributed by atoms with E-state index in [-0.39, 0.29) is 23.9 Å². The standard InChI is InChI=1S/C18H28N4O2/c1-20-10-5-7-15(20)16-6-3-2-4-11-22(16)17(23)14-8-12-21(13-9-14)18(19)24/h5,7,10,14,16H,2-4,6,8-9,11-13H2,1H3,(H2,19,24)/t16-/m1/s1. The molecule has 6 nitrogen and oxygen atoms in total. The molecule has 3 rings (SSSR count). The highest BCUT2D eigenvalue weighted by atomic mass is 16.2. The van der Waals surface area contributed by atoms with Gasteiger partial charge in [-0.15, -0.1) is 0 Å². The number of nitrogens with two attached hydrogens (primary N) is 1. The molecule has 2 aliphatic heterocycles. The smallest absolute Gasteiger partial charge is 0.314 e. The van der Waals surface area contributed by atoms with E-state index in [1.54, 1.807) is 4.90 Å². The second kappa shape index (κ2) is 7.28. The Hall–Kier alpha value is -1.98. The molecule has 0 aliphatic carbocycles. The Morgan fingerprint density at radius 1 is 1.08 bits per heavy atom. The largest absolute Gasteiger partial charge is 0.353 e. The predicted octanol–water partition coefficient (Wildman–Crippen LogP) is 2.26. The van der Waals surface area contributed by atoms with Gasteiger partial charge in [0.2, 0.25) is 5.91 Å². The van der Waals surface area contributed by atoms with Crippen LogP contribution in [0, 0.1) is 5.92 Å². The summed E-state index contributed by atoms with van der Waals surface area (Å²) in [5.41, 5.74) is 6.57. The van der Waals surface area contributed by atoms with Crippen molar-refractivity contribution in [1.29, 1.82) is 0 Å². The molecule has 1 atom stereocenters. The number of hydrogen-bond acceptors (Lipinski definition) is 2. The number of piperidine rings is 1. The minimum Gasteiger partial charge on any atom is -0.353 e. The average Bonchev–Trinajstić information content (AvgIpc) is 2.86. The van der Waals surface area contributed by atoms with Gasteiger partial charge in [-0.1, -0.05) is 12.8 Å². The monoisotopic (exact) mass is 332 g/mol. The third-order valence-corrected chi connectivity index (χ3v) is 5.52. The Morgan fingerprint density at radius 3 is 2.46 bits per heavy atom. The van der Waals surface area contributed by atoms with Crippen LogP contribution < -0.4 is 5.73 Å². The van der Waals surface area contributed by atoms with Crippen LogP contribution in [0.3, 0.4) is 0 Å². The highest BCUT2D eigenvalue weighted by molar-refractivity contribution is 5.80. The molecule has 0 spiro atoms. The molecular formula is C18H28N4O2. The van der Waals surface area contributed by atoms with Crippen molar-refractivity contribution in [2.24, 2.45) is 18.7 Å². The van der Waals surface area contributed by atoms with E-state index in [0.29, 0.717) is 13.1 Å². The van der Waals surface area contributed by atoms with Gasteiger partial charge in [0.05, 0.1) is 6.04 Å². The fourth-order valence-electron chi connectivity index (χ4n) is 4.08. The van der Waals surface area contributed by atoms with E-state index in [1.165, 1.54) is 18.5 Å². The van der Waals surface area contributed by atoms with Crippen LogP contribution in [0.4, 0.5) is 4.79 Å². The second-order valence-corrected chi connectivity index (χ2v) is 7.04. The van der Waals surface area contributed by atoms with Crippen LogP contribution in [0.15, 0.2) is 18.3 Å². The molecule has 2 N–H and O–H groups in total. The van der Waals surface area contributed by atoms with E-state index in [0.717, 1.165) is 32.2 Å². The lowest BCUT2D eigenvalue weighted by atomic mass is 9.94. The number of urea groups is 1. The van der Waals surface area contributed by atoms with Crippen molar-refractivity contribution in [3.05, 3.63) is 24.0 Å². The molecule has 1 aromatic rings. The quantitative estimate of drug-likeness (QED) is 0.902. The van der Waals surface area contributed by atoms with E-state index < -0.39 is 0 Å². The van der Waals surface area contributed by atoms with Crippen LogP contribution in [-0.4, -0.2) is 45.9 Å². The van der Waals surface area contributed by atoms with E-state index in [1.807, 2.05) is 19.3 Å². The lowest BCUT2D eigenvalue weighted by Gasteiger charge is -2.36. The highest BCUT2D eigenvalue weighted by Gasteiger charge is 2.34. The average molecular weight is 332 g/mol. The molecule has 0 radical (unpaired) electrons. The molecule has 1 aromatic heterocycles. The van der Waals surface area contributed by atoms with Gasteiger partial charge in [-0.2, -0.15) is 0 Å². The molecule has 24 heavy (non-hydrogen) atoms. The topological polar surface area (TPSA) is 71.6 Å².